The van der Waals surface area contributed by atoms with Crippen LogP contribution in [-0.2, 0) is 22.6 Å². The fraction of sp³-hybridized carbons (Fsp3) is 0.300. The summed E-state index contributed by atoms with van der Waals surface area (Å²) in [6.07, 6.45) is -4.53. The van der Waals surface area contributed by atoms with E-state index in [0.29, 0.717) is 11.4 Å². The summed E-state index contributed by atoms with van der Waals surface area (Å²) in [4.78, 5) is 48.2. The number of amides is 1. The molecule has 2 heterocycles. The molecular formula is C20H17F3N2O7S. The quantitative estimate of drug-likeness (QED) is 0.293. The summed E-state index contributed by atoms with van der Waals surface area (Å²) in [5, 5.41) is 14.3. The van der Waals surface area contributed by atoms with Gasteiger partial charge in [-0.2, -0.15) is 13.2 Å². The van der Waals surface area contributed by atoms with Gasteiger partial charge in [0, 0.05) is 23.5 Å². The van der Waals surface area contributed by atoms with E-state index in [-0.39, 0.29) is 5.56 Å². The summed E-state index contributed by atoms with van der Waals surface area (Å²) >= 11 is 1.32. The van der Waals surface area contributed by atoms with Crippen LogP contribution in [0.5, 0.6) is 11.5 Å². The van der Waals surface area contributed by atoms with Gasteiger partial charge in [-0.3, -0.25) is 9.59 Å². The lowest BCUT2D eigenvalue weighted by molar-refractivity contribution is -0.189. The Hall–Kier alpha value is -3.45. The number of alkyl halides is 3. The number of carboxylic acid groups (broad SMARTS) is 1. The van der Waals surface area contributed by atoms with Crippen LogP contribution < -0.4 is 20.1 Å². The number of carboxylic acids is 1. The van der Waals surface area contributed by atoms with Gasteiger partial charge >= 0.3 is 18.1 Å². The van der Waals surface area contributed by atoms with Crippen molar-refractivity contribution in [1.29, 1.82) is 0 Å². The van der Waals surface area contributed by atoms with E-state index in [1.807, 2.05) is 0 Å². The van der Waals surface area contributed by atoms with Gasteiger partial charge in [0.2, 0.25) is 0 Å². The van der Waals surface area contributed by atoms with E-state index >= 15 is 0 Å². The van der Waals surface area contributed by atoms with Crippen molar-refractivity contribution in [1.82, 2.24) is 10.6 Å². The highest BCUT2D eigenvalue weighted by molar-refractivity contribution is 7.14. The van der Waals surface area contributed by atoms with Gasteiger partial charge in [0.1, 0.15) is 0 Å². The molecule has 2 aromatic rings. The van der Waals surface area contributed by atoms with E-state index in [1.165, 1.54) is 11.3 Å². The van der Waals surface area contributed by atoms with E-state index in [0.717, 1.165) is 41.6 Å². The maximum absolute atomic E-state index is 12.6. The molecule has 176 valence electrons. The van der Waals surface area contributed by atoms with Crippen molar-refractivity contribution < 1.29 is 46.9 Å². The van der Waals surface area contributed by atoms with Crippen LogP contribution in [0.3, 0.4) is 0 Å². The van der Waals surface area contributed by atoms with Crippen LogP contribution in [-0.4, -0.2) is 54.6 Å². The zero-order chi connectivity index (χ0) is 24.2. The van der Waals surface area contributed by atoms with Crippen molar-refractivity contribution in [3.05, 3.63) is 45.1 Å². The number of Topliss-reactive ketones (excluding diaryl/α,β-unsaturated/α-hetero) is 1. The largest absolute Gasteiger partial charge is 0.491 e. The van der Waals surface area contributed by atoms with Gasteiger partial charge in [0.25, 0.3) is 5.91 Å². The number of hydrogen-bond donors (Lipinski definition) is 3. The Morgan fingerprint density at radius 3 is 2.58 bits per heavy atom. The first kappa shape index (κ1) is 24.2. The van der Waals surface area contributed by atoms with E-state index in [2.05, 4.69) is 15.4 Å². The normalized spacial score (nSPS) is 13.1. The van der Waals surface area contributed by atoms with Crippen LogP contribution in [0.15, 0.2) is 24.3 Å². The van der Waals surface area contributed by atoms with Crippen LogP contribution in [0, 0.1) is 0 Å². The molecule has 0 unspecified atom stereocenters. The van der Waals surface area contributed by atoms with Crippen LogP contribution in [0.2, 0.25) is 0 Å². The van der Waals surface area contributed by atoms with Gasteiger partial charge in [-0.25, -0.2) is 9.59 Å². The summed E-state index contributed by atoms with van der Waals surface area (Å²) in [7, 11) is 0. The molecule has 1 aliphatic heterocycles. The van der Waals surface area contributed by atoms with E-state index in [1.54, 1.807) is 6.07 Å². The first-order valence-electron chi connectivity index (χ1n) is 9.46. The molecule has 0 atom stereocenters. The highest BCUT2D eigenvalue weighted by Gasteiger charge is 2.42. The Labute approximate surface area is 188 Å². The van der Waals surface area contributed by atoms with Crippen molar-refractivity contribution >= 4 is 35.0 Å². The SMILES string of the molecule is O=C(O)COc1ccc(C(=O)CNC(=O)c2cc3c(s2)CCNC3)cc1OC(=O)C(F)(F)F. The minimum absolute atomic E-state index is 0.183. The van der Waals surface area contributed by atoms with Crippen LogP contribution >= 0.6 is 11.3 Å². The first-order chi connectivity index (χ1) is 15.5. The Kier molecular flexibility index (Phi) is 7.33. The average Bonchev–Trinajstić information content (AvgIpc) is 3.20. The van der Waals surface area contributed by atoms with E-state index in [9.17, 15) is 32.3 Å². The monoisotopic (exact) mass is 486 g/mol. The fourth-order valence-corrected chi connectivity index (χ4v) is 3.99. The number of esters is 1. The summed E-state index contributed by atoms with van der Waals surface area (Å²) in [6.45, 7) is 0.0656. The van der Waals surface area contributed by atoms with Crippen molar-refractivity contribution in [2.45, 2.75) is 19.1 Å². The van der Waals surface area contributed by atoms with Gasteiger partial charge in [-0.05, 0) is 36.2 Å². The number of nitrogens with one attached hydrogen (secondary N) is 2. The van der Waals surface area contributed by atoms with Gasteiger partial charge in [0.15, 0.2) is 23.9 Å². The maximum atomic E-state index is 12.6. The second-order valence-electron chi connectivity index (χ2n) is 6.82. The highest BCUT2D eigenvalue weighted by Crippen LogP contribution is 2.31. The van der Waals surface area contributed by atoms with Gasteiger partial charge in [-0.1, -0.05) is 0 Å². The molecule has 9 nitrogen and oxygen atoms in total. The number of thiophene rings is 1. The van der Waals surface area contributed by atoms with E-state index in [4.69, 9.17) is 9.84 Å². The molecule has 0 saturated heterocycles. The summed E-state index contributed by atoms with van der Waals surface area (Å²) in [5.74, 6) is -6.41. The second kappa shape index (κ2) is 10.0. The van der Waals surface area contributed by atoms with Gasteiger partial charge in [0.05, 0.1) is 11.4 Å². The zero-order valence-corrected chi connectivity index (χ0v) is 17.6. The smallest absolute Gasteiger partial charge is 0.479 e. The molecule has 1 aromatic carbocycles. The third-order valence-electron chi connectivity index (χ3n) is 4.43. The van der Waals surface area contributed by atoms with Crippen molar-refractivity contribution in [3.63, 3.8) is 0 Å². The molecule has 0 fully saturated rings. The molecule has 3 rings (SSSR count). The minimum Gasteiger partial charge on any atom is -0.479 e. The third-order valence-corrected chi connectivity index (χ3v) is 5.66. The number of rotatable bonds is 8. The molecule has 13 heteroatoms. The standard InChI is InChI=1S/C20H17F3N2O7S/c21-20(22,23)19(30)32-14-5-10(1-2-13(14)31-9-17(27)28)12(26)8-25-18(29)16-6-11-7-24-4-3-15(11)33-16/h1-2,5-6,24H,3-4,7-9H2,(H,25,29)(H,27,28). The molecule has 3 N–H and O–H groups in total. The van der Waals surface area contributed by atoms with Crippen LogP contribution in [0.25, 0.3) is 0 Å². The molecular weight excluding hydrogens is 469 g/mol. The second-order valence-corrected chi connectivity index (χ2v) is 7.96. The molecule has 0 spiro atoms. The number of ether oxygens (including phenoxy) is 2. The number of carbonyl (C=O) groups is 4. The number of benzene rings is 1. The Morgan fingerprint density at radius 2 is 1.91 bits per heavy atom. The maximum Gasteiger partial charge on any atom is 0.491 e. The Balaban J connectivity index is 1.71. The first-order valence-corrected chi connectivity index (χ1v) is 10.3. The Bertz CT molecular complexity index is 1070. The number of hydrogen-bond acceptors (Lipinski definition) is 8. The number of ketones is 1. The van der Waals surface area contributed by atoms with Crippen molar-refractivity contribution in [2.24, 2.45) is 0 Å². The number of carbonyl (C=O) groups excluding carboxylic acids is 3. The van der Waals surface area contributed by atoms with Crippen LogP contribution in [0.1, 0.15) is 30.5 Å². The lowest BCUT2D eigenvalue weighted by Crippen LogP contribution is -2.29. The van der Waals surface area contributed by atoms with Crippen molar-refractivity contribution in [3.8, 4) is 11.5 Å². The van der Waals surface area contributed by atoms with Crippen molar-refractivity contribution in [2.75, 3.05) is 19.7 Å². The molecule has 1 aromatic heterocycles. The van der Waals surface area contributed by atoms with E-state index < -0.39 is 54.5 Å². The lowest BCUT2D eigenvalue weighted by atomic mass is 10.1. The fourth-order valence-electron chi connectivity index (χ4n) is 2.89. The molecule has 0 radical (unpaired) electrons. The van der Waals surface area contributed by atoms with Gasteiger partial charge < -0.3 is 25.2 Å². The predicted molar refractivity (Wildman–Crippen MR) is 108 cm³/mol. The third kappa shape index (κ3) is 6.29. The molecule has 1 aliphatic rings. The summed E-state index contributed by atoms with van der Waals surface area (Å²) in [6, 6.07) is 4.68. The Morgan fingerprint density at radius 1 is 1.15 bits per heavy atom. The van der Waals surface area contributed by atoms with Crippen LogP contribution in [0.4, 0.5) is 13.2 Å². The minimum atomic E-state index is -5.33. The van der Waals surface area contributed by atoms with Gasteiger partial charge in [-0.15, -0.1) is 11.3 Å². The topological polar surface area (TPSA) is 131 Å². The number of fused-ring (bicyclic) bond motifs is 1. The molecule has 0 saturated carbocycles. The molecule has 1 amide bonds. The lowest BCUT2D eigenvalue weighted by Gasteiger charge is -2.13. The molecule has 0 bridgehead atoms. The predicted octanol–water partition coefficient (Wildman–Crippen LogP) is 1.94. The number of halogens is 3. The molecule has 33 heavy (non-hydrogen) atoms. The molecule has 0 aliphatic carbocycles. The number of aliphatic carboxylic acids is 1. The summed E-state index contributed by atoms with van der Waals surface area (Å²) in [5.41, 5.74) is 0.827. The zero-order valence-electron chi connectivity index (χ0n) is 16.8. The average molecular weight is 486 g/mol. The highest BCUT2D eigenvalue weighted by atomic mass is 32.1. The summed E-state index contributed by atoms with van der Waals surface area (Å²) < 4.78 is 46.8.